The van der Waals surface area contributed by atoms with Gasteiger partial charge in [-0.2, -0.15) is 4.98 Å². The van der Waals surface area contributed by atoms with Gasteiger partial charge >= 0.3 is 0 Å². The Bertz CT molecular complexity index is 939. The number of nitrogens with zero attached hydrogens (tertiary/aromatic N) is 3. The molecule has 2 aromatic heterocycles. The summed E-state index contributed by atoms with van der Waals surface area (Å²) in [4.78, 5) is 35.1. The summed E-state index contributed by atoms with van der Waals surface area (Å²) in [6.07, 6.45) is -0.242. The lowest BCUT2D eigenvalue weighted by atomic mass is 9.90. The van der Waals surface area contributed by atoms with Crippen molar-refractivity contribution in [2.24, 2.45) is 5.92 Å². The Morgan fingerprint density at radius 1 is 1.56 bits per heavy atom. The number of anilines is 1. The fraction of sp³-hybridized carbons (Fsp3) is 0.625. The maximum atomic E-state index is 12.3. The van der Waals surface area contributed by atoms with E-state index in [4.69, 9.17) is 9.47 Å². The van der Waals surface area contributed by atoms with E-state index in [1.165, 1.54) is 6.33 Å². The van der Waals surface area contributed by atoms with Crippen LogP contribution in [0.3, 0.4) is 0 Å². The molecular formula is C16H21N5O6. The third kappa shape index (κ3) is 2.74. The molecular weight excluding hydrogens is 358 g/mol. The molecule has 4 unspecified atom stereocenters. The highest BCUT2D eigenvalue weighted by molar-refractivity contribution is 5.91. The van der Waals surface area contributed by atoms with Gasteiger partial charge in [-0.15, -0.1) is 0 Å². The zero-order valence-electron chi connectivity index (χ0n) is 14.9. The van der Waals surface area contributed by atoms with Crippen molar-refractivity contribution in [1.29, 1.82) is 0 Å². The molecule has 0 saturated carbocycles. The zero-order valence-corrected chi connectivity index (χ0v) is 14.9. The van der Waals surface area contributed by atoms with Crippen molar-refractivity contribution in [3.63, 3.8) is 0 Å². The molecule has 11 heteroatoms. The Kier molecular flexibility index (Phi) is 4.26. The van der Waals surface area contributed by atoms with Gasteiger partial charge in [0.05, 0.1) is 32.2 Å². The van der Waals surface area contributed by atoms with Crippen LogP contribution in [0.1, 0.15) is 19.9 Å². The Balaban J connectivity index is 1.72. The summed E-state index contributed by atoms with van der Waals surface area (Å²) in [6, 6.07) is -0.491. The van der Waals surface area contributed by atoms with Crippen LogP contribution in [0.25, 0.3) is 11.2 Å². The first-order valence-corrected chi connectivity index (χ1v) is 8.68. The molecule has 2 fully saturated rings. The number of hydrogen-bond donors (Lipinski definition) is 4. The minimum atomic E-state index is -1.13. The second-order valence-electron chi connectivity index (χ2n) is 7.20. The summed E-state index contributed by atoms with van der Waals surface area (Å²) in [5, 5.41) is 22.6. The van der Waals surface area contributed by atoms with Gasteiger partial charge in [-0.1, -0.05) is 13.8 Å². The fourth-order valence-corrected chi connectivity index (χ4v) is 3.42. The highest BCUT2D eigenvalue weighted by Crippen LogP contribution is 2.40. The lowest BCUT2D eigenvalue weighted by molar-refractivity contribution is -0.165. The minimum Gasteiger partial charge on any atom is -0.393 e. The lowest BCUT2D eigenvalue weighted by Crippen LogP contribution is -2.56. The van der Waals surface area contributed by atoms with Gasteiger partial charge in [0.2, 0.25) is 11.9 Å². The second-order valence-corrected chi connectivity index (χ2v) is 7.20. The van der Waals surface area contributed by atoms with Gasteiger partial charge in [-0.25, -0.2) is 4.98 Å². The molecule has 0 aliphatic carbocycles. The summed E-state index contributed by atoms with van der Waals surface area (Å²) in [5.41, 5.74) is -1.28. The highest BCUT2D eigenvalue weighted by atomic mass is 16.6. The topological polar surface area (TPSA) is 152 Å². The number of rotatable bonds is 4. The molecule has 0 radical (unpaired) electrons. The van der Waals surface area contributed by atoms with E-state index in [2.05, 4.69) is 20.3 Å². The molecule has 4 heterocycles. The first-order chi connectivity index (χ1) is 12.9. The number of aromatic nitrogens is 4. The molecule has 146 valence electrons. The number of aliphatic hydroxyl groups is 2. The number of aliphatic hydroxyl groups excluding tert-OH is 2. The van der Waals surface area contributed by atoms with Crippen molar-refractivity contribution < 1.29 is 24.5 Å². The van der Waals surface area contributed by atoms with E-state index in [-0.39, 0.29) is 48.8 Å². The molecule has 2 aliphatic heterocycles. The molecule has 4 N–H and O–H groups in total. The minimum absolute atomic E-state index is 0.0160. The monoisotopic (exact) mass is 379 g/mol. The van der Waals surface area contributed by atoms with E-state index in [0.717, 1.165) is 0 Å². The smallest absolute Gasteiger partial charge is 0.280 e. The van der Waals surface area contributed by atoms with E-state index in [1.807, 2.05) is 0 Å². The third-order valence-electron chi connectivity index (χ3n) is 5.11. The van der Waals surface area contributed by atoms with Crippen LogP contribution >= 0.6 is 0 Å². The van der Waals surface area contributed by atoms with Gasteiger partial charge < -0.3 is 24.3 Å². The first-order valence-electron chi connectivity index (χ1n) is 8.68. The highest BCUT2D eigenvalue weighted by Gasteiger charge is 2.57. The summed E-state index contributed by atoms with van der Waals surface area (Å²) in [6.45, 7) is 3.31. The number of ether oxygens (including phenoxy) is 2. The van der Waals surface area contributed by atoms with Crippen LogP contribution in [-0.4, -0.2) is 73.3 Å². The van der Waals surface area contributed by atoms with E-state index in [9.17, 15) is 19.8 Å². The van der Waals surface area contributed by atoms with Crippen molar-refractivity contribution in [1.82, 2.24) is 19.5 Å². The van der Waals surface area contributed by atoms with Crippen LogP contribution in [0.5, 0.6) is 0 Å². The van der Waals surface area contributed by atoms with E-state index in [1.54, 1.807) is 18.4 Å². The van der Waals surface area contributed by atoms with Crippen LogP contribution in [0.4, 0.5) is 5.95 Å². The van der Waals surface area contributed by atoms with Gasteiger partial charge in [0, 0.05) is 5.92 Å². The maximum Gasteiger partial charge on any atom is 0.280 e. The SMILES string of the molecule is CC(C)C(=O)Nc1nc2c(ncn2C2COC3(CO)COC2C3O)c(=O)[nH]1. The van der Waals surface area contributed by atoms with Crippen molar-refractivity contribution in [3.05, 3.63) is 16.7 Å². The van der Waals surface area contributed by atoms with Crippen LogP contribution in [0.15, 0.2) is 11.1 Å². The zero-order chi connectivity index (χ0) is 19.3. The Morgan fingerprint density at radius 3 is 3.04 bits per heavy atom. The molecule has 11 nitrogen and oxygen atoms in total. The van der Waals surface area contributed by atoms with Gasteiger partial charge in [0.25, 0.3) is 5.56 Å². The average molecular weight is 379 g/mol. The number of nitrogens with one attached hydrogen (secondary N) is 2. The van der Waals surface area contributed by atoms with Gasteiger partial charge in [0.1, 0.15) is 17.8 Å². The van der Waals surface area contributed by atoms with Crippen LogP contribution in [-0.2, 0) is 14.3 Å². The van der Waals surface area contributed by atoms with E-state index in [0.29, 0.717) is 0 Å². The summed E-state index contributed by atoms with van der Waals surface area (Å²) in [5.74, 6) is -0.551. The molecule has 4 rings (SSSR count). The summed E-state index contributed by atoms with van der Waals surface area (Å²) < 4.78 is 13.0. The largest absolute Gasteiger partial charge is 0.393 e. The molecule has 2 bridgehead atoms. The molecule has 2 saturated heterocycles. The van der Waals surface area contributed by atoms with E-state index >= 15 is 0 Å². The van der Waals surface area contributed by atoms with Crippen molar-refractivity contribution in [2.45, 2.75) is 37.7 Å². The van der Waals surface area contributed by atoms with Gasteiger partial charge in [-0.05, 0) is 0 Å². The summed E-state index contributed by atoms with van der Waals surface area (Å²) in [7, 11) is 0. The van der Waals surface area contributed by atoms with Crippen molar-refractivity contribution in [2.75, 3.05) is 25.1 Å². The lowest BCUT2D eigenvalue weighted by Gasteiger charge is -2.38. The van der Waals surface area contributed by atoms with Gasteiger partial charge in [-0.3, -0.25) is 19.9 Å². The average Bonchev–Trinajstić information content (AvgIpc) is 3.12. The molecule has 1 amide bonds. The van der Waals surface area contributed by atoms with Crippen molar-refractivity contribution in [3.8, 4) is 0 Å². The predicted octanol–water partition coefficient (Wildman–Crippen LogP) is -1.22. The molecule has 0 spiro atoms. The van der Waals surface area contributed by atoms with E-state index < -0.39 is 29.4 Å². The first kappa shape index (κ1) is 18.0. The number of fused-ring (bicyclic) bond motifs is 3. The second kappa shape index (κ2) is 6.37. The maximum absolute atomic E-state index is 12.3. The van der Waals surface area contributed by atoms with Crippen molar-refractivity contribution >= 4 is 23.0 Å². The fourth-order valence-electron chi connectivity index (χ4n) is 3.42. The van der Waals surface area contributed by atoms with Crippen LogP contribution in [0, 0.1) is 5.92 Å². The predicted molar refractivity (Wildman–Crippen MR) is 92.2 cm³/mol. The molecule has 4 atom stereocenters. The molecule has 2 aliphatic rings. The Morgan fingerprint density at radius 2 is 2.33 bits per heavy atom. The number of H-pyrrole nitrogens is 1. The summed E-state index contributed by atoms with van der Waals surface area (Å²) >= 11 is 0. The number of carbonyl (C=O) groups is 1. The van der Waals surface area contributed by atoms with Crippen LogP contribution in [0.2, 0.25) is 0 Å². The molecule has 27 heavy (non-hydrogen) atoms. The van der Waals surface area contributed by atoms with Gasteiger partial charge in [0.15, 0.2) is 11.2 Å². The Labute approximate surface area is 153 Å². The molecule has 0 aromatic carbocycles. The number of imidazole rings is 1. The Hall–Kier alpha value is -2.34. The number of amides is 1. The van der Waals surface area contributed by atoms with Crippen LogP contribution < -0.4 is 10.9 Å². The number of carbonyl (C=O) groups excluding carboxylic acids is 1. The molecule has 2 aromatic rings. The number of hydrogen-bond acceptors (Lipinski definition) is 8. The standard InChI is InChI=1S/C16H21N5O6/c1-7(2)13(24)19-15-18-12-9(14(25)20-15)17-6-21(12)8-3-27-16(4-22)5-26-10(8)11(16)23/h6-8,10-11,22-23H,3-5H2,1-2H3,(H2,18,19,20,24,25). The quantitative estimate of drug-likeness (QED) is 0.516. The number of aromatic amines is 1. The third-order valence-corrected chi connectivity index (χ3v) is 5.11. The normalized spacial score (nSPS) is 30.2.